The van der Waals surface area contributed by atoms with E-state index in [-0.39, 0.29) is 10.7 Å². The molecule has 0 radical (unpaired) electrons. The fourth-order valence-corrected chi connectivity index (χ4v) is 2.95. The van der Waals surface area contributed by atoms with Crippen molar-refractivity contribution in [2.24, 2.45) is 0 Å². The molecule has 0 saturated carbocycles. The predicted octanol–water partition coefficient (Wildman–Crippen LogP) is 1.48. The van der Waals surface area contributed by atoms with E-state index < -0.39 is 15.9 Å². The number of furan rings is 1. The van der Waals surface area contributed by atoms with Gasteiger partial charge in [-0.2, -0.15) is 0 Å². The third kappa shape index (κ3) is 2.77. The molecule has 1 N–H and O–H groups in total. The second-order valence-electron chi connectivity index (χ2n) is 4.65. The second kappa shape index (κ2) is 5.38. The molecular formula is C14H13NO6S. The summed E-state index contributed by atoms with van der Waals surface area (Å²) in [4.78, 5) is 11.8. The zero-order valence-electron chi connectivity index (χ0n) is 11.7. The SMILES string of the molecule is Cc1ccc(C(=O)NS(=O)(=O)c2ccc3c(c2)OCCO3)o1. The van der Waals surface area contributed by atoms with E-state index in [0.717, 1.165) is 0 Å². The quantitative estimate of drug-likeness (QED) is 0.919. The van der Waals surface area contributed by atoms with Crippen LogP contribution in [-0.4, -0.2) is 27.5 Å². The molecular weight excluding hydrogens is 310 g/mol. The molecule has 0 fully saturated rings. The zero-order valence-corrected chi connectivity index (χ0v) is 12.5. The molecule has 1 aromatic carbocycles. The van der Waals surface area contributed by atoms with Crippen LogP contribution in [0.25, 0.3) is 0 Å². The van der Waals surface area contributed by atoms with Gasteiger partial charge in [0.1, 0.15) is 19.0 Å². The summed E-state index contributed by atoms with van der Waals surface area (Å²) in [7, 11) is -4.03. The molecule has 1 aromatic heterocycles. The minimum absolute atomic E-state index is 0.0707. The first-order chi connectivity index (χ1) is 10.5. The Morgan fingerprint density at radius 1 is 1.09 bits per heavy atom. The van der Waals surface area contributed by atoms with Gasteiger partial charge in [0.25, 0.3) is 10.0 Å². The van der Waals surface area contributed by atoms with E-state index in [2.05, 4.69) is 0 Å². The monoisotopic (exact) mass is 323 g/mol. The molecule has 0 saturated heterocycles. The Labute approximate surface area is 126 Å². The third-order valence-corrected chi connectivity index (χ3v) is 4.34. The van der Waals surface area contributed by atoms with Gasteiger partial charge in [0.15, 0.2) is 17.3 Å². The standard InChI is InChI=1S/C14H13NO6S/c1-9-2-4-12(21-9)14(16)15-22(17,18)10-3-5-11-13(8-10)20-7-6-19-11/h2-5,8H,6-7H2,1H3,(H,15,16). The highest BCUT2D eigenvalue weighted by atomic mass is 32.2. The summed E-state index contributed by atoms with van der Waals surface area (Å²) < 4.78 is 42.2. The fourth-order valence-electron chi connectivity index (χ4n) is 1.98. The minimum Gasteiger partial charge on any atom is -0.486 e. The van der Waals surface area contributed by atoms with E-state index in [4.69, 9.17) is 13.9 Å². The molecule has 0 aliphatic carbocycles. The molecule has 0 spiro atoms. The van der Waals surface area contributed by atoms with E-state index in [0.29, 0.717) is 30.5 Å². The van der Waals surface area contributed by atoms with Crippen molar-refractivity contribution in [3.8, 4) is 11.5 Å². The van der Waals surface area contributed by atoms with Crippen molar-refractivity contribution >= 4 is 15.9 Å². The Bertz CT molecular complexity index is 824. The fraction of sp³-hybridized carbons (Fsp3) is 0.214. The number of benzene rings is 1. The Morgan fingerprint density at radius 2 is 1.82 bits per heavy atom. The number of hydrogen-bond acceptors (Lipinski definition) is 6. The molecule has 2 aromatic rings. The van der Waals surface area contributed by atoms with Gasteiger partial charge in [0.05, 0.1) is 4.90 Å². The van der Waals surface area contributed by atoms with Crippen LogP contribution in [0.5, 0.6) is 11.5 Å². The molecule has 0 bridgehead atoms. The molecule has 0 atom stereocenters. The molecule has 22 heavy (non-hydrogen) atoms. The van der Waals surface area contributed by atoms with Gasteiger partial charge in [-0.05, 0) is 31.2 Å². The van der Waals surface area contributed by atoms with Crippen molar-refractivity contribution < 1.29 is 27.1 Å². The second-order valence-corrected chi connectivity index (χ2v) is 6.33. The van der Waals surface area contributed by atoms with E-state index in [9.17, 15) is 13.2 Å². The maximum atomic E-state index is 12.2. The highest BCUT2D eigenvalue weighted by Crippen LogP contribution is 2.32. The largest absolute Gasteiger partial charge is 0.486 e. The lowest BCUT2D eigenvalue weighted by molar-refractivity contribution is 0.0953. The van der Waals surface area contributed by atoms with E-state index in [1.54, 1.807) is 13.0 Å². The third-order valence-electron chi connectivity index (χ3n) is 3.02. The van der Waals surface area contributed by atoms with Gasteiger partial charge in [-0.15, -0.1) is 0 Å². The minimum atomic E-state index is -4.03. The number of carbonyl (C=O) groups excluding carboxylic acids is 1. The van der Waals surface area contributed by atoms with E-state index >= 15 is 0 Å². The van der Waals surface area contributed by atoms with Crippen LogP contribution >= 0.6 is 0 Å². The van der Waals surface area contributed by atoms with Crippen molar-refractivity contribution in [3.63, 3.8) is 0 Å². The molecule has 1 aliphatic rings. The highest BCUT2D eigenvalue weighted by molar-refractivity contribution is 7.90. The lowest BCUT2D eigenvalue weighted by Crippen LogP contribution is -2.30. The summed E-state index contributed by atoms with van der Waals surface area (Å²) in [6.45, 7) is 2.41. The van der Waals surface area contributed by atoms with Crippen LogP contribution in [0.4, 0.5) is 0 Å². The summed E-state index contributed by atoms with van der Waals surface area (Å²) in [5, 5.41) is 0. The van der Waals surface area contributed by atoms with Crippen LogP contribution in [0.15, 0.2) is 39.6 Å². The summed E-state index contributed by atoms with van der Waals surface area (Å²) in [5.41, 5.74) is 0. The van der Waals surface area contributed by atoms with E-state index in [1.807, 2.05) is 4.72 Å². The summed E-state index contributed by atoms with van der Waals surface area (Å²) in [6.07, 6.45) is 0. The van der Waals surface area contributed by atoms with Crippen LogP contribution in [0.3, 0.4) is 0 Å². The van der Waals surface area contributed by atoms with Gasteiger partial charge in [0.2, 0.25) is 0 Å². The summed E-state index contributed by atoms with van der Waals surface area (Å²) in [6, 6.07) is 7.13. The first kappa shape index (κ1) is 14.5. The Morgan fingerprint density at radius 3 is 2.50 bits per heavy atom. The lowest BCUT2D eigenvalue weighted by Gasteiger charge is -2.18. The smallest absolute Gasteiger partial charge is 0.300 e. The number of aryl methyl sites for hydroxylation is 1. The zero-order chi connectivity index (χ0) is 15.7. The number of rotatable bonds is 3. The molecule has 2 heterocycles. The number of fused-ring (bicyclic) bond motifs is 1. The van der Waals surface area contributed by atoms with Gasteiger partial charge in [0, 0.05) is 6.07 Å². The lowest BCUT2D eigenvalue weighted by atomic mass is 10.3. The van der Waals surface area contributed by atoms with Crippen molar-refractivity contribution in [2.75, 3.05) is 13.2 Å². The normalized spacial score (nSPS) is 13.7. The number of sulfonamides is 1. The van der Waals surface area contributed by atoms with Crippen molar-refractivity contribution in [2.45, 2.75) is 11.8 Å². The molecule has 1 amide bonds. The number of ether oxygens (including phenoxy) is 2. The molecule has 0 unspecified atom stereocenters. The molecule has 8 heteroatoms. The average Bonchev–Trinajstić information content (AvgIpc) is 2.93. The Hall–Kier alpha value is -2.48. The van der Waals surface area contributed by atoms with Gasteiger partial charge in [-0.3, -0.25) is 4.79 Å². The van der Waals surface area contributed by atoms with Crippen molar-refractivity contribution in [1.29, 1.82) is 0 Å². The van der Waals surface area contributed by atoms with Gasteiger partial charge in [-0.1, -0.05) is 0 Å². The summed E-state index contributed by atoms with van der Waals surface area (Å²) in [5.74, 6) is 0.414. The van der Waals surface area contributed by atoms with Crippen molar-refractivity contribution in [3.05, 3.63) is 41.9 Å². The highest BCUT2D eigenvalue weighted by Gasteiger charge is 2.23. The van der Waals surface area contributed by atoms with Crippen LogP contribution in [-0.2, 0) is 10.0 Å². The molecule has 116 valence electrons. The Balaban J connectivity index is 1.85. The number of nitrogens with one attached hydrogen (secondary N) is 1. The summed E-state index contributed by atoms with van der Waals surface area (Å²) >= 11 is 0. The number of amides is 1. The maximum absolute atomic E-state index is 12.2. The van der Waals surface area contributed by atoms with Gasteiger partial charge in [-0.25, -0.2) is 13.1 Å². The van der Waals surface area contributed by atoms with Crippen LogP contribution < -0.4 is 14.2 Å². The molecule has 3 rings (SSSR count). The van der Waals surface area contributed by atoms with Crippen LogP contribution in [0.2, 0.25) is 0 Å². The van der Waals surface area contributed by atoms with Gasteiger partial charge < -0.3 is 13.9 Å². The molecule has 7 nitrogen and oxygen atoms in total. The maximum Gasteiger partial charge on any atom is 0.300 e. The first-order valence-electron chi connectivity index (χ1n) is 6.49. The topological polar surface area (TPSA) is 94.8 Å². The first-order valence-corrected chi connectivity index (χ1v) is 7.97. The van der Waals surface area contributed by atoms with Gasteiger partial charge >= 0.3 is 5.91 Å². The van der Waals surface area contributed by atoms with Crippen molar-refractivity contribution in [1.82, 2.24) is 4.72 Å². The average molecular weight is 323 g/mol. The predicted molar refractivity (Wildman–Crippen MR) is 75.5 cm³/mol. The van der Waals surface area contributed by atoms with Crippen LogP contribution in [0.1, 0.15) is 16.3 Å². The van der Waals surface area contributed by atoms with E-state index in [1.165, 1.54) is 24.3 Å². The number of carbonyl (C=O) groups is 1. The molecule has 1 aliphatic heterocycles. The Kier molecular flexibility index (Phi) is 3.53. The van der Waals surface area contributed by atoms with Crippen LogP contribution in [0, 0.1) is 6.92 Å². The number of hydrogen-bond donors (Lipinski definition) is 1.